The highest BCUT2D eigenvalue weighted by molar-refractivity contribution is 8.00. The lowest BCUT2D eigenvalue weighted by Crippen LogP contribution is -2.71. The Balaban J connectivity index is 1.34. The monoisotopic (exact) mass is 643 g/mol. The lowest BCUT2D eigenvalue weighted by atomic mass is 9.92. The molecule has 1 fully saturated rings. The fourth-order valence-corrected chi connectivity index (χ4v) is 7.22. The van der Waals surface area contributed by atoms with Crippen LogP contribution in [-0.2, 0) is 24.0 Å². The van der Waals surface area contributed by atoms with Gasteiger partial charge in [-0.1, -0.05) is 65.8 Å². The zero-order valence-corrected chi connectivity index (χ0v) is 25.5. The number of carbonyl (C=O) groups excluding carboxylic acids is 3. The molecule has 2 aliphatic rings. The number of oxime groups is 1. The van der Waals surface area contributed by atoms with Crippen LogP contribution in [0.2, 0.25) is 0 Å². The summed E-state index contributed by atoms with van der Waals surface area (Å²) in [5, 5.41) is 7.46. The molecule has 228 valence electrons. The van der Waals surface area contributed by atoms with Crippen LogP contribution in [0.25, 0.3) is 5.57 Å². The topological polar surface area (TPSA) is 170 Å². The van der Waals surface area contributed by atoms with E-state index < -0.39 is 46.2 Å². The second-order valence-corrected chi connectivity index (χ2v) is 12.1. The van der Waals surface area contributed by atoms with Crippen molar-refractivity contribution in [1.29, 1.82) is 0 Å². The summed E-state index contributed by atoms with van der Waals surface area (Å²) in [4.78, 5) is 75.9. The van der Waals surface area contributed by atoms with Crippen molar-refractivity contribution in [2.45, 2.75) is 24.4 Å². The Morgan fingerprint density at radius 3 is 2.24 bits per heavy atom. The van der Waals surface area contributed by atoms with Gasteiger partial charge in [0.1, 0.15) is 29.9 Å². The summed E-state index contributed by atoms with van der Waals surface area (Å²) >= 11 is 2.34. The number of benzene rings is 2. The molecule has 2 amide bonds. The molecule has 2 aliphatic heterocycles. The van der Waals surface area contributed by atoms with Crippen LogP contribution in [-0.4, -0.2) is 57.7 Å². The van der Waals surface area contributed by atoms with Gasteiger partial charge in [0.15, 0.2) is 16.9 Å². The molecule has 0 aliphatic carbocycles. The molecule has 1 unspecified atom stereocenters. The Morgan fingerprint density at radius 1 is 1.04 bits per heavy atom. The molecule has 0 saturated carbocycles. The Kier molecular flexibility index (Phi) is 8.08. The van der Waals surface area contributed by atoms with Crippen molar-refractivity contribution in [3.05, 3.63) is 120 Å². The van der Waals surface area contributed by atoms with E-state index in [1.807, 2.05) is 60.7 Å². The molecule has 12 nitrogen and oxygen atoms in total. The number of amides is 2. The molecule has 0 radical (unpaired) electrons. The standard InChI is InChI=1S/C31H25N5O7S2/c1-15-20(25(38)24(15)37)18-13-44-29-22(34-27(39)21(35-42-2)19-14-45-31(32)33-19)28(40)36(29)23(18)30(41)43-26(16-9-5-3-6-10-16)17-11-7-4-8-12-17/h3-12,14,22,26,29H,13H2,1-2H3,(H2,32,33)(H,34,39)/t22?,29-/m0/s1. The molecule has 6 rings (SSSR count). The first-order chi connectivity index (χ1) is 21.7. The number of rotatable bonds is 9. The maximum absolute atomic E-state index is 14.1. The summed E-state index contributed by atoms with van der Waals surface area (Å²) < 4.78 is 6.10. The zero-order chi connectivity index (χ0) is 31.8. The zero-order valence-electron chi connectivity index (χ0n) is 23.9. The van der Waals surface area contributed by atoms with Crippen LogP contribution >= 0.6 is 23.1 Å². The third-order valence-electron chi connectivity index (χ3n) is 7.49. The van der Waals surface area contributed by atoms with E-state index in [-0.39, 0.29) is 44.7 Å². The number of thiazole rings is 1. The summed E-state index contributed by atoms with van der Waals surface area (Å²) in [5.74, 6) is -2.07. The molecule has 4 aromatic rings. The van der Waals surface area contributed by atoms with Gasteiger partial charge in [-0.05, 0) is 18.1 Å². The van der Waals surface area contributed by atoms with Crippen LogP contribution in [0.1, 0.15) is 34.1 Å². The van der Waals surface area contributed by atoms with Gasteiger partial charge < -0.3 is 20.6 Å². The normalized spacial score (nSPS) is 18.1. The lowest BCUT2D eigenvalue weighted by Gasteiger charge is -2.50. The molecule has 1 aromatic heterocycles. The number of nitrogens with two attached hydrogens (primary N) is 1. The molecule has 1 saturated heterocycles. The second kappa shape index (κ2) is 12.1. The fourth-order valence-electron chi connectivity index (χ4n) is 5.32. The molecule has 3 aromatic carbocycles. The Bertz CT molecular complexity index is 1910. The van der Waals surface area contributed by atoms with Crippen molar-refractivity contribution >= 4 is 57.3 Å². The van der Waals surface area contributed by atoms with Gasteiger partial charge in [-0.3, -0.25) is 24.1 Å². The minimum absolute atomic E-state index is 0.102. The van der Waals surface area contributed by atoms with Crippen LogP contribution in [0.15, 0.2) is 86.5 Å². The van der Waals surface area contributed by atoms with Crippen molar-refractivity contribution < 1.29 is 24.0 Å². The molecule has 0 bridgehead atoms. The number of hydrogen-bond acceptors (Lipinski definition) is 12. The number of carbonyl (C=O) groups is 3. The number of nitrogens with zero attached hydrogens (tertiary/aromatic N) is 3. The van der Waals surface area contributed by atoms with Gasteiger partial charge in [0.05, 0.1) is 0 Å². The van der Waals surface area contributed by atoms with Crippen molar-refractivity contribution in [3.8, 4) is 0 Å². The van der Waals surface area contributed by atoms with Gasteiger partial charge in [-0.15, -0.1) is 23.1 Å². The van der Waals surface area contributed by atoms with Crippen LogP contribution in [0, 0.1) is 6.92 Å². The number of hydrogen-bond donors (Lipinski definition) is 2. The molecule has 14 heteroatoms. The lowest BCUT2D eigenvalue weighted by molar-refractivity contribution is -0.154. The predicted octanol–water partition coefficient (Wildman–Crippen LogP) is 2.12. The molecule has 3 N–H and O–H groups in total. The molecule has 0 spiro atoms. The van der Waals surface area contributed by atoms with Crippen molar-refractivity contribution in [2.75, 3.05) is 18.6 Å². The summed E-state index contributed by atoms with van der Waals surface area (Å²) in [6, 6.07) is 17.2. The van der Waals surface area contributed by atoms with E-state index in [0.29, 0.717) is 11.1 Å². The van der Waals surface area contributed by atoms with Gasteiger partial charge in [0.2, 0.25) is 10.9 Å². The van der Waals surface area contributed by atoms with E-state index >= 15 is 0 Å². The quantitative estimate of drug-likeness (QED) is 0.0906. The molecular weight excluding hydrogens is 619 g/mol. The highest BCUT2D eigenvalue weighted by Crippen LogP contribution is 2.44. The SMILES string of the molecule is CON=C(C(=O)NC1C(=O)N2C(C(=O)OC(c3ccccc3)c3ccccc3)=C(c3c(C)c(=O)c3=O)CS[C@@H]12)c1csc(N)n1. The first-order valence-corrected chi connectivity index (χ1v) is 15.6. The fraction of sp³-hybridized carbons (Fsp3) is 0.194. The number of aromatic nitrogens is 1. The van der Waals surface area contributed by atoms with Gasteiger partial charge >= 0.3 is 5.97 Å². The average molecular weight is 644 g/mol. The van der Waals surface area contributed by atoms with Gasteiger partial charge in [-0.25, -0.2) is 9.78 Å². The number of thioether (sulfide) groups is 1. The average Bonchev–Trinajstić information content (AvgIpc) is 3.50. The van der Waals surface area contributed by atoms with Crippen LogP contribution in [0.5, 0.6) is 0 Å². The second-order valence-electron chi connectivity index (χ2n) is 10.1. The molecule has 3 heterocycles. The van der Waals surface area contributed by atoms with Crippen molar-refractivity contribution in [2.24, 2.45) is 5.16 Å². The first-order valence-electron chi connectivity index (χ1n) is 13.6. The number of nitrogens with one attached hydrogen (secondary N) is 1. The maximum atomic E-state index is 14.1. The smallest absolute Gasteiger partial charge is 0.356 e. The summed E-state index contributed by atoms with van der Waals surface area (Å²) in [5.41, 5.74) is 6.13. The van der Waals surface area contributed by atoms with Gasteiger partial charge in [0.25, 0.3) is 11.8 Å². The van der Waals surface area contributed by atoms with E-state index in [1.54, 1.807) is 0 Å². The highest BCUT2D eigenvalue weighted by Gasteiger charge is 2.55. The van der Waals surface area contributed by atoms with Crippen molar-refractivity contribution in [3.63, 3.8) is 0 Å². The third kappa shape index (κ3) is 5.31. The first kappa shape index (κ1) is 30.0. The minimum Gasteiger partial charge on any atom is -0.448 e. The van der Waals surface area contributed by atoms with E-state index in [9.17, 15) is 24.0 Å². The summed E-state index contributed by atoms with van der Waals surface area (Å²) in [6.07, 6.45) is -0.833. The van der Waals surface area contributed by atoms with Crippen LogP contribution < -0.4 is 21.9 Å². The van der Waals surface area contributed by atoms with Crippen LogP contribution in [0.4, 0.5) is 5.13 Å². The largest absolute Gasteiger partial charge is 0.448 e. The van der Waals surface area contributed by atoms with Gasteiger partial charge in [-0.2, -0.15) is 0 Å². The number of ether oxygens (including phenoxy) is 1. The van der Waals surface area contributed by atoms with Crippen molar-refractivity contribution in [1.82, 2.24) is 15.2 Å². The Morgan fingerprint density at radius 2 is 1.69 bits per heavy atom. The van der Waals surface area contributed by atoms with E-state index in [2.05, 4.69) is 15.5 Å². The van der Waals surface area contributed by atoms with Gasteiger partial charge in [0, 0.05) is 27.8 Å². The maximum Gasteiger partial charge on any atom is 0.356 e. The van der Waals surface area contributed by atoms with E-state index in [1.165, 1.54) is 36.1 Å². The van der Waals surface area contributed by atoms with E-state index in [0.717, 1.165) is 11.3 Å². The molecule has 45 heavy (non-hydrogen) atoms. The highest BCUT2D eigenvalue weighted by atomic mass is 32.2. The number of nitrogen functional groups attached to an aromatic ring is 1. The minimum atomic E-state index is -1.04. The Hall–Kier alpha value is -5.08. The predicted molar refractivity (Wildman–Crippen MR) is 169 cm³/mol. The van der Waals surface area contributed by atoms with Crippen LogP contribution in [0.3, 0.4) is 0 Å². The molecular formula is C31H25N5O7S2. The number of β-lactam (4-membered cyclic amide) rings is 1. The number of anilines is 1. The van der Waals surface area contributed by atoms with E-state index in [4.69, 9.17) is 15.3 Å². The number of fused-ring (bicyclic) bond motifs is 1. The Labute approximate surface area is 264 Å². The third-order valence-corrected chi connectivity index (χ3v) is 9.44. The summed E-state index contributed by atoms with van der Waals surface area (Å²) in [7, 11) is 1.27. The molecule has 2 atom stereocenters. The number of esters is 1. The summed E-state index contributed by atoms with van der Waals surface area (Å²) in [6.45, 7) is 1.51.